The van der Waals surface area contributed by atoms with E-state index in [1.807, 2.05) is 91.9 Å². The van der Waals surface area contributed by atoms with Gasteiger partial charge in [-0.25, -0.2) is 4.79 Å². The van der Waals surface area contributed by atoms with Crippen LogP contribution in [0, 0.1) is 5.92 Å². The van der Waals surface area contributed by atoms with Gasteiger partial charge in [0.25, 0.3) is 5.56 Å². The van der Waals surface area contributed by atoms with E-state index < -0.39 is 59.1 Å². The molecule has 6 rings (SSSR count). The molecule has 47 heavy (non-hydrogen) atoms. The van der Waals surface area contributed by atoms with Crippen molar-refractivity contribution in [3.05, 3.63) is 129 Å². The van der Waals surface area contributed by atoms with Crippen molar-refractivity contribution >= 4 is 5.97 Å². The Bertz CT molecular complexity index is 1760. The molecule has 0 saturated carbocycles. The summed E-state index contributed by atoms with van der Waals surface area (Å²) in [5.74, 6) is -2.10. The Balaban J connectivity index is 1.42. The monoisotopic (exact) mass is 643 g/mol. The lowest BCUT2D eigenvalue weighted by molar-refractivity contribution is -0.242. The number of aliphatic carboxylic acids is 1. The van der Waals surface area contributed by atoms with Crippen LogP contribution in [0.4, 0.5) is 0 Å². The Hall–Kier alpha value is -4.62. The number of hydrogen-bond acceptors (Lipinski definition) is 9. The first kappa shape index (κ1) is 32.3. The largest absolute Gasteiger partial charge is 0.497 e. The third kappa shape index (κ3) is 6.12. The predicted molar refractivity (Wildman–Crippen MR) is 169 cm³/mol. The summed E-state index contributed by atoms with van der Waals surface area (Å²) in [5, 5.41) is 13.7. The number of aromatic nitrogens is 3. The number of nitrogens with zero attached hydrogens (tertiary/aromatic N) is 2. The first-order valence-electron chi connectivity index (χ1n) is 15.5. The molecule has 2 fully saturated rings. The Kier molecular flexibility index (Phi) is 9.11. The van der Waals surface area contributed by atoms with Crippen LogP contribution in [-0.2, 0) is 29.3 Å². The average Bonchev–Trinajstić information content (AvgIpc) is 3.60. The van der Waals surface area contributed by atoms with Gasteiger partial charge in [0.05, 0.1) is 20.1 Å². The fourth-order valence-electron chi connectivity index (χ4n) is 6.65. The minimum absolute atomic E-state index is 0.0270. The molecule has 0 aliphatic carbocycles. The number of hydrogen-bond donors (Lipinski definition) is 2. The SMILES string of the molecule is CCC(CC(=O)O)C1(C)O[C@@H]2[C@H](O1)[C@@H](COC(c1ccccc1)(c1ccccc1)c1ccc(OC)cc1)O[C@H]2n1ncc(=O)[nH]c1=O. The molecule has 0 bridgehead atoms. The molecule has 2 aliphatic rings. The Morgan fingerprint density at radius 3 is 2.13 bits per heavy atom. The highest BCUT2D eigenvalue weighted by Crippen LogP contribution is 2.48. The van der Waals surface area contributed by atoms with Crippen LogP contribution >= 0.6 is 0 Å². The van der Waals surface area contributed by atoms with Gasteiger partial charge in [-0.2, -0.15) is 9.78 Å². The highest BCUT2D eigenvalue weighted by molar-refractivity contribution is 5.67. The molecule has 2 saturated heterocycles. The van der Waals surface area contributed by atoms with Crippen LogP contribution in [0.1, 0.15) is 49.6 Å². The molecule has 2 unspecified atom stereocenters. The number of aromatic amines is 1. The molecule has 2 N–H and O–H groups in total. The van der Waals surface area contributed by atoms with Crippen LogP contribution in [0.25, 0.3) is 0 Å². The highest BCUT2D eigenvalue weighted by Gasteiger charge is 2.60. The Morgan fingerprint density at radius 2 is 1.57 bits per heavy atom. The van der Waals surface area contributed by atoms with Gasteiger partial charge >= 0.3 is 11.7 Å². The summed E-state index contributed by atoms with van der Waals surface area (Å²) in [7, 11) is 1.61. The zero-order chi connectivity index (χ0) is 33.2. The predicted octanol–water partition coefficient (Wildman–Crippen LogP) is 3.85. The number of carboxylic acids is 1. The fraction of sp³-hybridized carbons (Fsp3) is 0.371. The quantitative estimate of drug-likeness (QED) is 0.218. The summed E-state index contributed by atoms with van der Waals surface area (Å²) in [6, 6.07) is 27.3. The molecule has 12 nitrogen and oxygen atoms in total. The minimum atomic E-state index is -1.31. The van der Waals surface area contributed by atoms with Gasteiger partial charge in [0.2, 0.25) is 0 Å². The molecule has 1 aromatic heterocycles. The number of H-pyrrole nitrogens is 1. The van der Waals surface area contributed by atoms with Gasteiger partial charge in [0.1, 0.15) is 35.9 Å². The van der Waals surface area contributed by atoms with E-state index in [0.717, 1.165) is 27.6 Å². The number of methoxy groups -OCH3 is 1. The number of ether oxygens (including phenoxy) is 5. The third-order valence-electron chi connectivity index (χ3n) is 8.98. The van der Waals surface area contributed by atoms with E-state index in [1.165, 1.54) is 0 Å². The minimum Gasteiger partial charge on any atom is -0.497 e. The molecule has 0 amide bonds. The number of carboxylic acid groups (broad SMARTS) is 1. The van der Waals surface area contributed by atoms with Gasteiger partial charge < -0.3 is 28.8 Å². The number of rotatable bonds is 12. The van der Waals surface area contributed by atoms with E-state index in [4.69, 9.17) is 23.7 Å². The van der Waals surface area contributed by atoms with Crippen LogP contribution in [0.2, 0.25) is 0 Å². The molecule has 12 heteroatoms. The smallest absolute Gasteiger partial charge is 0.347 e. The van der Waals surface area contributed by atoms with Crippen molar-refractivity contribution in [3.63, 3.8) is 0 Å². The van der Waals surface area contributed by atoms with E-state index in [2.05, 4.69) is 10.1 Å². The van der Waals surface area contributed by atoms with Gasteiger partial charge in [0.15, 0.2) is 12.0 Å². The standard InChI is InChI=1S/C35H37N3O9/c1-4-22(19-29(40)41)34(2)46-30-27(45-32(31(30)47-34)38-33(42)37-28(39)20-36-38)21-44-35(23-11-7-5-8-12-23,24-13-9-6-10-14-24)25-15-17-26(43-3)18-16-25/h5-18,20,22,27,30-32H,4,19,21H2,1-3H3,(H,40,41)(H,37,39,42)/t22?,27-,30-,31-,32-,34?/m1/s1. The number of carbonyl (C=O) groups is 1. The van der Waals surface area contributed by atoms with E-state index >= 15 is 0 Å². The number of benzene rings is 3. The first-order valence-corrected chi connectivity index (χ1v) is 15.5. The summed E-state index contributed by atoms with van der Waals surface area (Å²) in [6.07, 6.45) is -2.25. The molecule has 3 aromatic carbocycles. The number of fused-ring (bicyclic) bond motifs is 1. The van der Waals surface area contributed by atoms with Crippen molar-refractivity contribution in [1.82, 2.24) is 14.8 Å². The van der Waals surface area contributed by atoms with Gasteiger partial charge in [-0.05, 0) is 42.2 Å². The van der Waals surface area contributed by atoms with Crippen molar-refractivity contribution in [3.8, 4) is 5.75 Å². The average molecular weight is 644 g/mol. The van der Waals surface area contributed by atoms with Crippen molar-refractivity contribution in [1.29, 1.82) is 0 Å². The van der Waals surface area contributed by atoms with Crippen LogP contribution in [-0.4, -0.2) is 63.7 Å². The maximum Gasteiger partial charge on any atom is 0.347 e. The summed E-state index contributed by atoms with van der Waals surface area (Å²) >= 11 is 0. The summed E-state index contributed by atoms with van der Waals surface area (Å²) < 4.78 is 32.9. The topological polar surface area (TPSA) is 151 Å². The zero-order valence-electron chi connectivity index (χ0n) is 26.3. The van der Waals surface area contributed by atoms with Crippen molar-refractivity contribution in [2.75, 3.05) is 13.7 Å². The molecule has 0 radical (unpaired) electrons. The van der Waals surface area contributed by atoms with Crippen LogP contribution in [0.5, 0.6) is 5.75 Å². The lowest BCUT2D eigenvalue weighted by Crippen LogP contribution is -2.43. The molecule has 0 spiro atoms. The maximum absolute atomic E-state index is 12.9. The molecule has 246 valence electrons. The number of nitrogens with one attached hydrogen (secondary N) is 1. The highest BCUT2D eigenvalue weighted by atomic mass is 16.8. The zero-order valence-corrected chi connectivity index (χ0v) is 26.3. The van der Waals surface area contributed by atoms with Crippen LogP contribution in [0.15, 0.2) is 101 Å². The summed E-state index contributed by atoms with van der Waals surface area (Å²) in [5.41, 5.74) is 0.0112. The fourth-order valence-corrected chi connectivity index (χ4v) is 6.65. The van der Waals surface area contributed by atoms with Crippen molar-refractivity contribution in [2.24, 2.45) is 5.92 Å². The maximum atomic E-state index is 12.9. The van der Waals surface area contributed by atoms with Gasteiger partial charge in [-0.3, -0.25) is 14.6 Å². The van der Waals surface area contributed by atoms with E-state index in [9.17, 15) is 19.5 Å². The van der Waals surface area contributed by atoms with E-state index in [1.54, 1.807) is 14.0 Å². The molecule has 4 aromatic rings. The van der Waals surface area contributed by atoms with Crippen molar-refractivity contribution in [2.45, 2.75) is 62.6 Å². The second-order valence-electron chi connectivity index (χ2n) is 11.8. The Labute approximate surface area is 270 Å². The van der Waals surface area contributed by atoms with Gasteiger partial charge in [-0.15, -0.1) is 0 Å². The normalized spacial score (nSPS) is 24.5. The van der Waals surface area contributed by atoms with Crippen LogP contribution in [0.3, 0.4) is 0 Å². The van der Waals surface area contributed by atoms with Crippen LogP contribution < -0.4 is 16.0 Å². The van der Waals surface area contributed by atoms with Crippen molar-refractivity contribution < 1.29 is 33.6 Å². The molecular weight excluding hydrogens is 606 g/mol. The third-order valence-corrected chi connectivity index (χ3v) is 8.98. The first-order chi connectivity index (χ1) is 22.7. The summed E-state index contributed by atoms with van der Waals surface area (Å²) in [6.45, 7) is 3.54. The van der Waals surface area contributed by atoms with E-state index in [0.29, 0.717) is 12.2 Å². The molecule has 2 aliphatic heterocycles. The molecular formula is C35H37N3O9. The lowest BCUT2D eigenvalue weighted by atomic mass is 9.80. The Morgan fingerprint density at radius 1 is 0.979 bits per heavy atom. The lowest BCUT2D eigenvalue weighted by Gasteiger charge is -2.37. The van der Waals surface area contributed by atoms with E-state index in [-0.39, 0.29) is 13.0 Å². The van der Waals surface area contributed by atoms with Gasteiger partial charge in [-0.1, -0.05) is 79.7 Å². The molecule has 3 heterocycles. The second-order valence-corrected chi connectivity index (χ2v) is 11.8. The molecule has 6 atom stereocenters. The van der Waals surface area contributed by atoms with Gasteiger partial charge in [0, 0.05) is 5.92 Å². The summed E-state index contributed by atoms with van der Waals surface area (Å²) in [4.78, 5) is 38.7. The second kappa shape index (κ2) is 13.2.